The number of benzene rings is 2. The first-order chi connectivity index (χ1) is 9.29. The highest BCUT2D eigenvalue weighted by molar-refractivity contribution is 9.10. The third kappa shape index (κ3) is 3.39. The number of sulfone groups is 1. The van der Waals surface area contributed by atoms with E-state index < -0.39 is 21.4 Å². The Kier molecular flexibility index (Phi) is 4.51. The summed E-state index contributed by atoms with van der Waals surface area (Å²) in [6.45, 7) is 0. The predicted octanol–water partition coefficient (Wildman–Crippen LogP) is 3.91. The fourth-order valence-electron chi connectivity index (χ4n) is 1.71. The average Bonchev–Trinajstić information content (AvgIpc) is 2.33. The van der Waals surface area contributed by atoms with E-state index >= 15 is 0 Å². The number of halogens is 3. The van der Waals surface area contributed by atoms with Crippen molar-refractivity contribution in [1.82, 2.24) is 0 Å². The molecule has 0 aliphatic carbocycles. The Morgan fingerprint density at radius 3 is 2.45 bits per heavy atom. The number of hydrogen-bond acceptors (Lipinski definition) is 3. The lowest BCUT2D eigenvalue weighted by Crippen LogP contribution is -2.07. The van der Waals surface area contributed by atoms with Gasteiger partial charge in [0.15, 0.2) is 9.84 Å². The number of nitrogens with two attached hydrogens (primary N) is 1. The summed E-state index contributed by atoms with van der Waals surface area (Å²) in [5, 5.41) is 0. The first kappa shape index (κ1) is 15.5. The van der Waals surface area contributed by atoms with Crippen LogP contribution < -0.4 is 5.73 Å². The summed E-state index contributed by atoms with van der Waals surface area (Å²) in [4.78, 5) is 0.0890. The molecule has 0 spiro atoms. The van der Waals surface area contributed by atoms with E-state index in [9.17, 15) is 12.8 Å². The van der Waals surface area contributed by atoms with Crippen molar-refractivity contribution in [2.45, 2.75) is 10.6 Å². The fourth-order valence-corrected chi connectivity index (χ4v) is 4.67. The Balaban J connectivity index is 2.43. The summed E-state index contributed by atoms with van der Waals surface area (Å²) in [5.74, 6) is -0.968. The number of anilines is 1. The van der Waals surface area contributed by atoms with E-state index in [4.69, 9.17) is 5.73 Å². The molecule has 0 radical (unpaired) electrons. The molecule has 0 amide bonds. The molecule has 2 aromatic rings. The first-order valence-corrected chi connectivity index (χ1v) is 8.75. The van der Waals surface area contributed by atoms with Gasteiger partial charge >= 0.3 is 0 Å². The minimum atomic E-state index is -3.66. The largest absolute Gasteiger partial charge is 0.399 e. The predicted molar refractivity (Wildman–Crippen MR) is 83.5 cm³/mol. The normalized spacial score (nSPS) is 11.6. The van der Waals surface area contributed by atoms with Gasteiger partial charge in [-0.2, -0.15) is 0 Å². The zero-order valence-electron chi connectivity index (χ0n) is 10.1. The second-order valence-electron chi connectivity index (χ2n) is 4.18. The smallest absolute Gasteiger partial charge is 0.183 e. The highest BCUT2D eigenvalue weighted by atomic mass is 79.9. The minimum absolute atomic E-state index is 0.0890. The molecule has 0 aromatic heterocycles. The van der Waals surface area contributed by atoms with Crippen molar-refractivity contribution in [2.24, 2.45) is 0 Å². The molecule has 0 unspecified atom stereocenters. The van der Waals surface area contributed by atoms with Crippen LogP contribution in [0.4, 0.5) is 10.1 Å². The summed E-state index contributed by atoms with van der Waals surface area (Å²) in [7, 11) is -3.66. The standard InChI is InChI=1S/C13H10Br2FNO2S/c14-9-1-3-12(16)8(5-9)7-20(18,19)13-4-2-10(17)6-11(13)15/h1-6H,7,17H2. The van der Waals surface area contributed by atoms with E-state index in [2.05, 4.69) is 31.9 Å². The molecule has 0 heterocycles. The quantitative estimate of drug-likeness (QED) is 0.763. The van der Waals surface area contributed by atoms with Gasteiger partial charge in [0.2, 0.25) is 0 Å². The van der Waals surface area contributed by atoms with Crippen molar-refractivity contribution in [3.05, 3.63) is 56.7 Å². The number of hydrogen-bond donors (Lipinski definition) is 1. The Bertz CT molecular complexity index is 763. The number of rotatable bonds is 3. The molecule has 20 heavy (non-hydrogen) atoms. The highest BCUT2D eigenvalue weighted by Gasteiger charge is 2.20. The maximum absolute atomic E-state index is 13.7. The van der Waals surface area contributed by atoms with Crippen LogP contribution in [0.5, 0.6) is 0 Å². The third-order valence-corrected chi connectivity index (χ3v) is 5.77. The van der Waals surface area contributed by atoms with Crippen molar-refractivity contribution in [3.63, 3.8) is 0 Å². The minimum Gasteiger partial charge on any atom is -0.399 e. The summed E-state index contributed by atoms with van der Waals surface area (Å²) in [6, 6.07) is 8.61. The van der Waals surface area contributed by atoms with Crippen LogP contribution in [-0.4, -0.2) is 8.42 Å². The maximum atomic E-state index is 13.7. The van der Waals surface area contributed by atoms with Gasteiger partial charge in [0.1, 0.15) is 5.82 Å². The Morgan fingerprint density at radius 2 is 1.80 bits per heavy atom. The summed E-state index contributed by atoms with van der Waals surface area (Å²) in [6.07, 6.45) is 0. The lowest BCUT2D eigenvalue weighted by atomic mass is 10.2. The molecule has 0 atom stereocenters. The first-order valence-electron chi connectivity index (χ1n) is 5.51. The molecule has 2 N–H and O–H groups in total. The van der Waals surface area contributed by atoms with E-state index in [0.29, 0.717) is 14.6 Å². The van der Waals surface area contributed by atoms with Crippen molar-refractivity contribution < 1.29 is 12.8 Å². The van der Waals surface area contributed by atoms with Crippen LogP contribution in [-0.2, 0) is 15.6 Å². The SMILES string of the molecule is Nc1ccc(S(=O)(=O)Cc2cc(Br)ccc2F)c(Br)c1. The zero-order valence-corrected chi connectivity index (χ0v) is 14.1. The van der Waals surface area contributed by atoms with Crippen LogP contribution in [0.2, 0.25) is 0 Å². The average molecular weight is 423 g/mol. The van der Waals surface area contributed by atoms with Gasteiger partial charge in [-0.3, -0.25) is 0 Å². The molecule has 0 aliphatic heterocycles. The van der Waals surface area contributed by atoms with Gasteiger partial charge in [-0.1, -0.05) is 15.9 Å². The zero-order chi connectivity index (χ0) is 14.9. The molecular weight excluding hydrogens is 413 g/mol. The Morgan fingerprint density at radius 1 is 1.10 bits per heavy atom. The van der Waals surface area contributed by atoms with Crippen LogP contribution in [0, 0.1) is 5.82 Å². The van der Waals surface area contributed by atoms with E-state index in [1.165, 1.54) is 36.4 Å². The van der Waals surface area contributed by atoms with E-state index in [1.54, 1.807) is 0 Å². The molecule has 0 bridgehead atoms. The van der Waals surface area contributed by atoms with E-state index in [0.717, 1.165) is 0 Å². The molecule has 3 nitrogen and oxygen atoms in total. The van der Waals surface area contributed by atoms with Gasteiger partial charge in [0, 0.05) is 20.2 Å². The van der Waals surface area contributed by atoms with Gasteiger partial charge in [-0.05, 0) is 52.3 Å². The highest BCUT2D eigenvalue weighted by Crippen LogP contribution is 2.28. The monoisotopic (exact) mass is 421 g/mol. The van der Waals surface area contributed by atoms with E-state index in [1.807, 2.05) is 0 Å². The van der Waals surface area contributed by atoms with Crippen LogP contribution in [0.15, 0.2) is 50.2 Å². The molecular formula is C13H10Br2FNO2S. The maximum Gasteiger partial charge on any atom is 0.183 e. The van der Waals surface area contributed by atoms with Crippen LogP contribution in [0.25, 0.3) is 0 Å². The molecule has 106 valence electrons. The van der Waals surface area contributed by atoms with Gasteiger partial charge in [0.25, 0.3) is 0 Å². The van der Waals surface area contributed by atoms with Crippen LogP contribution in [0.3, 0.4) is 0 Å². The summed E-state index contributed by atoms with van der Waals surface area (Å²) >= 11 is 6.36. The number of nitrogen functional groups attached to an aromatic ring is 1. The van der Waals surface area contributed by atoms with Gasteiger partial charge in [-0.15, -0.1) is 0 Å². The molecule has 0 saturated carbocycles. The third-order valence-electron chi connectivity index (χ3n) is 2.64. The second kappa shape index (κ2) is 5.83. The molecule has 2 rings (SSSR count). The van der Waals surface area contributed by atoms with Crippen molar-refractivity contribution >= 4 is 47.4 Å². The topological polar surface area (TPSA) is 60.2 Å². The van der Waals surface area contributed by atoms with Crippen molar-refractivity contribution in [2.75, 3.05) is 5.73 Å². The fraction of sp³-hybridized carbons (Fsp3) is 0.0769. The second-order valence-corrected chi connectivity index (χ2v) is 7.91. The molecule has 0 fully saturated rings. The summed E-state index contributed by atoms with van der Waals surface area (Å²) < 4.78 is 39.3. The van der Waals surface area contributed by atoms with Crippen molar-refractivity contribution in [3.8, 4) is 0 Å². The molecule has 0 aliphatic rings. The molecule has 7 heteroatoms. The van der Waals surface area contributed by atoms with Gasteiger partial charge < -0.3 is 5.73 Å². The van der Waals surface area contributed by atoms with Crippen molar-refractivity contribution in [1.29, 1.82) is 0 Å². The van der Waals surface area contributed by atoms with Gasteiger partial charge in [-0.25, -0.2) is 12.8 Å². The van der Waals surface area contributed by atoms with Crippen LogP contribution >= 0.6 is 31.9 Å². The summed E-state index contributed by atoms with van der Waals surface area (Å²) in [5.41, 5.74) is 6.14. The Labute approximate surface area is 133 Å². The molecule has 0 saturated heterocycles. The lowest BCUT2D eigenvalue weighted by molar-refractivity contribution is 0.586. The van der Waals surface area contributed by atoms with Gasteiger partial charge in [0.05, 0.1) is 10.6 Å². The van der Waals surface area contributed by atoms with Crippen LogP contribution in [0.1, 0.15) is 5.56 Å². The lowest BCUT2D eigenvalue weighted by Gasteiger charge is -2.08. The Hall–Kier alpha value is -0.920. The molecule has 2 aromatic carbocycles. The van der Waals surface area contributed by atoms with E-state index in [-0.39, 0.29) is 10.5 Å².